The van der Waals surface area contributed by atoms with Crippen LogP contribution in [0.25, 0.3) is 11.1 Å². The van der Waals surface area contributed by atoms with Crippen molar-refractivity contribution in [3.8, 4) is 16.9 Å². The Labute approximate surface area is 250 Å². The Kier molecular flexibility index (Phi) is 9.13. The van der Waals surface area contributed by atoms with Crippen molar-refractivity contribution in [2.24, 2.45) is 5.41 Å². The smallest absolute Gasteiger partial charge is 0.307 e. The van der Waals surface area contributed by atoms with Crippen LogP contribution in [0.1, 0.15) is 106 Å². The summed E-state index contributed by atoms with van der Waals surface area (Å²) in [5, 5.41) is 18.3. The number of amides is 1. The van der Waals surface area contributed by atoms with Crippen LogP contribution in [0.15, 0.2) is 6.07 Å². The highest BCUT2D eigenvalue weighted by atomic mass is 19.1. The predicted octanol–water partition coefficient (Wildman–Crippen LogP) is 7.00. The quantitative estimate of drug-likeness (QED) is 0.406. The van der Waals surface area contributed by atoms with Crippen molar-refractivity contribution in [2.45, 2.75) is 125 Å². The normalized spacial score (nSPS) is 19.7. The van der Waals surface area contributed by atoms with Crippen LogP contribution in [-0.2, 0) is 35.4 Å². The van der Waals surface area contributed by atoms with Gasteiger partial charge in [-0.25, -0.2) is 4.39 Å². The van der Waals surface area contributed by atoms with Gasteiger partial charge in [0.15, 0.2) is 11.6 Å². The zero-order chi connectivity index (χ0) is 31.1. The first-order valence-electron chi connectivity index (χ1n) is 15.3. The van der Waals surface area contributed by atoms with Gasteiger partial charge in [-0.15, -0.1) is 0 Å². The molecule has 0 saturated heterocycles. The van der Waals surface area contributed by atoms with Crippen LogP contribution >= 0.6 is 0 Å². The maximum absolute atomic E-state index is 15.3. The van der Waals surface area contributed by atoms with E-state index in [0.717, 1.165) is 76.6 Å². The first-order chi connectivity index (χ1) is 19.5. The molecule has 2 N–H and O–H groups in total. The second-order valence-corrected chi connectivity index (χ2v) is 14.0. The lowest BCUT2D eigenvalue weighted by Gasteiger charge is -2.47. The fourth-order valence-corrected chi connectivity index (χ4v) is 7.16. The Balaban J connectivity index is 0.000000748. The Hall–Kier alpha value is -2.93. The SMILES string of the molecule is CC(C)(C)O.Cc1c(-c2c(C)c3c(c(C)c2CC(=O)O)CC(=O)N(C2CCCCC2(C)C)C3)cc(F)c2c1CCCO2. The van der Waals surface area contributed by atoms with Crippen molar-refractivity contribution in [1.82, 2.24) is 4.90 Å². The van der Waals surface area contributed by atoms with Gasteiger partial charge in [0.05, 0.1) is 25.0 Å². The fourth-order valence-electron chi connectivity index (χ4n) is 7.16. The average Bonchev–Trinajstić information content (AvgIpc) is 2.88. The second kappa shape index (κ2) is 12.0. The van der Waals surface area contributed by atoms with E-state index in [9.17, 15) is 14.7 Å². The standard InChI is InChI=1S/C31H38FNO4.C4H10O/c1-17-20-9-8-12-37-30(20)25(32)13-22(17)29-19(3)24-16-33(26-10-6-7-11-31(26,4)5)27(34)14-21(24)18(2)23(29)15-28(35)36;1-4(2,3)5/h13,26H,6-12,14-16H2,1-5H3,(H,35,36);5H,1-3H3. The van der Waals surface area contributed by atoms with Gasteiger partial charge >= 0.3 is 5.97 Å². The minimum absolute atomic E-state index is 0.0542. The Bertz CT molecular complexity index is 1380. The van der Waals surface area contributed by atoms with Crippen molar-refractivity contribution in [1.29, 1.82) is 0 Å². The lowest BCUT2D eigenvalue weighted by Crippen LogP contribution is -2.51. The summed E-state index contributed by atoms with van der Waals surface area (Å²) in [7, 11) is 0. The van der Waals surface area contributed by atoms with E-state index >= 15 is 4.39 Å². The summed E-state index contributed by atoms with van der Waals surface area (Å²) in [5.74, 6) is -0.879. The van der Waals surface area contributed by atoms with E-state index in [1.54, 1.807) is 20.8 Å². The molecule has 5 rings (SSSR count). The summed E-state index contributed by atoms with van der Waals surface area (Å²) in [6.07, 6.45) is 6.11. The van der Waals surface area contributed by atoms with Crippen molar-refractivity contribution in [3.05, 3.63) is 50.8 Å². The van der Waals surface area contributed by atoms with E-state index in [0.29, 0.717) is 24.5 Å². The van der Waals surface area contributed by atoms with E-state index in [1.807, 2.05) is 20.8 Å². The Morgan fingerprint density at radius 3 is 2.36 bits per heavy atom. The van der Waals surface area contributed by atoms with Crippen LogP contribution in [0.4, 0.5) is 4.39 Å². The fraction of sp³-hybridized carbons (Fsp3) is 0.600. The highest BCUT2D eigenvalue weighted by Gasteiger charge is 2.41. The molecule has 230 valence electrons. The van der Waals surface area contributed by atoms with E-state index in [-0.39, 0.29) is 30.2 Å². The number of halogens is 1. The number of benzene rings is 2. The zero-order valence-corrected chi connectivity index (χ0v) is 26.7. The molecule has 3 aliphatic rings. The molecule has 1 amide bonds. The molecule has 6 nitrogen and oxygen atoms in total. The largest absolute Gasteiger partial charge is 0.490 e. The molecular weight excluding hydrogens is 533 g/mol. The first-order valence-corrected chi connectivity index (χ1v) is 15.3. The summed E-state index contributed by atoms with van der Waals surface area (Å²) < 4.78 is 21.0. The molecule has 0 bridgehead atoms. The average molecular weight is 582 g/mol. The van der Waals surface area contributed by atoms with Crippen molar-refractivity contribution in [2.75, 3.05) is 6.61 Å². The number of aliphatic carboxylic acids is 1. The summed E-state index contributed by atoms with van der Waals surface area (Å²) in [4.78, 5) is 27.6. The topological polar surface area (TPSA) is 87.1 Å². The molecule has 1 aliphatic carbocycles. The minimum atomic E-state index is -0.934. The van der Waals surface area contributed by atoms with Crippen LogP contribution < -0.4 is 4.74 Å². The Morgan fingerprint density at radius 1 is 1.07 bits per heavy atom. The van der Waals surface area contributed by atoms with Gasteiger partial charge in [0.2, 0.25) is 5.91 Å². The number of nitrogens with zero attached hydrogens (tertiary/aromatic N) is 1. The van der Waals surface area contributed by atoms with E-state index in [4.69, 9.17) is 9.84 Å². The van der Waals surface area contributed by atoms with E-state index < -0.39 is 17.4 Å². The molecule has 7 heteroatoms. The van der Waals surface area contributed by atoms with Gasteiger partial charge in [-0.05, 0) is 123 Å². The molecule has 2 aliphatic heterocycles. The summed E-state index contributed by atoms with van der Waals surface area (Å²) in [6, 6.07) is 1.71. The van der Waals surface area contributed by atoms with Crippen LogP contribution in [0.3, 0.4) is 0 Å². The molecular formula is C35H48FNO5. The third-order valence-corrected chi connectivity index (χ3v) is 9.24. The monoisotopic (exact) mass is 581 g/mol. The van der Waals surface area contributed by atoms with Gasteiger partial charge in [-0.2, -0.15) is 0 Å². The van der Waals surface area contributed by atoms with E-state index in [2.05, 4.69) is 18.7 Å². The molecule has 1 saturated carbocycles. The molecule has 1 atom stereocenters. The number of hydrogen-bond donors (Lipinski definition) is 2. The third-order valence-electron chi connectivity index (χ3n) is 9.24. The minimum Gasteiger partial charge on any atom is -0.490 e. The number of ether oxygens (including phenoxy) is 1. The third kappa shape index (κ3) is 6.51. The molecule has 2 aromatic carbocycles. The first kappa shape index (κ1) is 32.0. The lowest BCUT2D eigenvalue weighted by atomic mass is 9.71. The maximum atomic E-state index is 15.3. The molecule has 2 aromatic rings. The number of carboxylic acid groups (broad SMARTS) is 1. The van der Waals surface area contributed by atoms with Crippen molar-refractivity contribution in [3.63, 3.8) is 0 Å². The molecule has 1 fully saturated rings. The van der Waals surface area contributed by atoms with Crippen LogP contribution in [0.5, 0.6) is 5.75 Å². The number of carbonyl (C=O) groups is 2. The molecule has 2 heterocycles. The summed E-state index contributed by atoms with van der Waals surface area (Å²) in [5.41, 5.74) is 7.46. The van der Waals surface area contributed by atoms with Crippen LogP contribution in [-0.4, -0.2) is 45.2 Å². The highest BCUT2D eigenvalue weighted by Crippen LogP contribution is 2.45. The van der Waals surface area contributed by atoms with Gasteiger partial charge in [-0.3, -0.25) is 9.59 Å². The van der Waals surface area contributed by atoms with Crippen LogP contribution in [0.2, 0.25) is 0 Å². The number of fused-ring (bicyclic) bond motifs is 2. The number of aliphatic hydroxyl groups is 1. The van der Waals surface area contributed by atoms with Crippen LogP contribution in [0, 0.1) is 32.0 Å². The molecule has 0 radical (unpaired) electrons. The summed E-state index contributed by atoms with van der Waals surface area (Å²) in [6.45, 7) is 16.7. The van der Waals surface area contributed by atoms with Crippen molar-refractivity contribution >= 4 is 11.9 Å². The van der Waals surface area contributed by atoms with Gasteiger partial charge in [0.1, 0.15) is 0 Å². The summed E-state index contributed by atoms with van der Waals surface area (Å²) >= 11 is 0. The zero-order valence-electron chi connectivity index (χ0n) is 26.7. The predicted molar refractivity (Wildman–Crippen MR) is 163 cm³/mol. The molecule has 1 unspecified atom stereocenters. The van der Waals surface area contributed by atoms with Crippen molar-refractivity contribution < 1.29 is 28.9 Å². The molecule has 0 spiro atoms. The van der Waals surface area contributed by atoms with Gasteiger partial charge in [-0.1, -0.05) is 26.7 Å². The highest BCUT2D eigenvalue weighted by molar-refractivity contribution is 5.87. The number of hydrogen-bond acceptors (Lipinski definition) is 4. The Morgan fingerprint density at radius 2 is 1.74 bits per heavy atom. The van der Waals surface area contributed by atoms with Gasteiger partial charge in [0, 0.05) is 18.2 Å². The number of rotatable bonds is 4. The lowest BCUT2D eigenvalue weighted by molar-refractivity contribution is -0.138. The number of carbonyl (C=O) groups excluding carboxylic acids is 1. The maximum Gasteiger partial charge on any atom is 0.307 e. The second-order valence-electron chi connectivity index (χ2n) is 14.0. The van der Waals surface area contributed by atoms with E-state index in [1.165, 1.54) is 12.5 Å². The number of carboxylic acids is 1. The van der Waals surface area contributed by atoms with Gasteiger partial charge < -0.3 is 19.8 Å². The molecule has 0 aromatic heterocycles. The molecule has 42 heavy (non-hydrogen) atoms. The van der Waals surface area contributed by atoms with Gasteiger partial charge in [0.25, 0.3) is 0 Å².